The number of methoxy groups -OCH3 is 1. The maximum absolute atomic E-state index is 12.5. The van der Waals surface area contributed by atoms with E-state index in [0.717, 1.165) is 12.1 Å². The number of hydrogen-bond donors (Lipinski definition) is 1. The summed E-state index contributed by atoms with van der Waals surface area (Å²) in [6.07, 6.45) is -5.08. The number of ether oxygens (including phenoxy) is 2. The summed E-state index contributed by atoms with van der Waals surface area (Å²) in [5.41, 5.74) is -0.282. The molecule has 19 heavy (non-hydrogen) atoms. The fourth-order valence-corrected chi connectivity index (χ4v) is 1.57. The van der Waals surface area contributed by atoms with E-state index in [0.29, 0.717) is 18.8 Å². The summed E-state index contributed by atoms with van der Waals surface area (Å²) in [5.74, 6) is 0. The van der Waals surface area contributed by atoms with Crippen LogP contribution in [0.1, 0.15) is 11.1 Å². The van der Waals surface area contributed by atoms with Crippen molar-refractivity contribution in [2.45, 2.75) is 18.7 Å². The van der Waals surface area contributed by atoms with Crippen LogP contribution in [-0.2, 0) is 22.1 Å². The van der Waals surface area contributed by atoms with E-state index in [1.165, 1.54) is 13.2 Å². The molecule has 0 saturated carbocycles. The van der Waals surface area contributed by atoms with Gasteiger partial charge in [-0.05, 0) is 11.6 Å². The molecule has 108 valence electrons. The molecule has 1 atom stereocenters. The monoisotopic (exact) mass is 278 g/mol. The zero-order valence-electron chi connectivity index (χ0n) is 10.6. The predicted molar refractivity (Wildman–Crippen MR) is 63.8 cm³/mol. The summed E-state index contributed by atoms with van der Waals surface area (Å²) in [5, 5.41) is 9.65. The Morgan fingerprint density at radius 3 is 2.63 bits per heavy atom. The first kappa shape index (κ1) is 15.9. The van der Waals surface area contributed by atoms with E-state index < -0.39 is 17.8 Å². The van der Waals surface area contributed by atoms with Crippen molar-refractivity contribution < 1.29 is 27.8 Å². The largest absolute Gasteiger partial charge is 0.416 e. The van der Waals surface area contributed by atoms with Gasteiger partial charge >= 0.3 is 6.18 Å². The lowest BCUT2D eigenvalue weighted by molar-refractivity contribution is -0.137. The second kappa shape index (κ2) is 7.47. The van der Waals surface area contributed by atoms with E-state index in [9.17, 15) is 18.3 Å². The van der Waals surface area contributed by atoms with Gasteiger partial charge in [-0.25, -0.2) is 0 Å². The van der Waals surface area contributed by atoms with Crippen LogP contribution < -0.4 is 0 Å². The van der Waals surface area contributed by atoms with Crippen LogP contribution >= 0.6 is 0 Å². The van der Waals surface area contributed by atoms with E-state index in [4.69, 9.17) is 9.47 Å². The molecular weight excluding hydrogens is 261 g/mol. The van der Waals surface area contributed by atoms with E-state index in [-0.39, 0.29) is 13.0 Å². The van der Waals surface area contributed by atoms with Crippen molar-refractivity contribution in [1.82, 2.24) is 0 Å². The molecule has 0 aliphatic carbocycles. The molecule has 1 aromatic carbocycles. The van der Waals surface area contributed by atoms with Crippen molar-refractivity contribution in [3.05, 3.63) is 35.4 Å². The molecule has 1 unspecified atom stereocenters. The van der Waals surface area contributed by atoms with Crippen molar-refractivity contribution in [2.24, 2.45) is 0 Å². The highest BCUT2D eigenvalue weighted by molar-refractivity contribution is 5.26. The zero-order valence-corrected chi connectivity index (χ0v) is 10.6. The molecule has 0 bridgehead atoms. The van der Waals surface area contributed by atoms with Gasteiger partial charge in [0.15, 0.2) is 0 Å². The van der Waals surface area contributed by atoms with Crippen molar-refractivity contribution in [3.8, 4) is 0 Å². The Morgan fingerprint density at radius 1 is 1.26 bits per heavy atom. The Balaban J connectivity index is 2.48. The quantitative estimate of drug-likeness (QED) is 0.778. The first-order chi connectivity index (χ1) is 8.93. The second-order valence-corrected chi connectivity index (χ2v) is 4.12. The molecule has 0 aliphatic heterocycles. The minimum Gasteiger partial charge on any atom is -0.390 e. The summed E-state index contributed by atoms with van der Waals surface area (Å²) in [7, 11) is 1.53. The lowest BCUT2D eigenvalue weighted by atomic mass is 10.1. The highest BCUT2D eigenvalue weighted by atomic mass is 19.4. The van der Waals surface area contributed by atoms with Crippen LogP contribution in [0.4, 0.5) is 13.2 Å². The topological polar surface area (TPSA) is 38.7 Å². The van der Waals surface area contributed by atoms with Gasteiger partial charge in [-0.1, -0.05) is 18.2 Å². The molecule has 0 radical (unpaired) electrons. The van der Waals surface area contributed by atoms with Crippen molar-refractivity contribution in [2.75, 3.05) is 26.9 Å². The molecule has 0 amide bonds. The van der Waals surface area contributed by atoms with Gasteiger partial charge in [0, 0.05) is 13.5 Å². The Labute approximate surface area is 110 Å². The lowest BCUT2D eigenvalue weighted by Crippen LogP contribution is -2.20. The third kappa shape index (κ3) is 6.04. The van der Waals surface area contributed by atoms with Crippen molar-refractivity contribution in [1.29, 1.82) is 0 Å². The molecule has 0 saturated heterocycles. The van der Waals surface area contributed by atoms with Crippen LogP contribution in [0, 0.1) is 0 Å². The van der Waals surface area contributed by atoms with Crippen LogP contribution in [0.3, 0.4) is 0 Å². The number of aliphatic hydroxyl groups is 1. The molecule has 6 heteroatoms. The molecule has 1 aromatic rings. The van der Waals surface area contributed by atoms with Crippen molar-refractivity contribution in [3.63, 3.8) is 0 Å². The van der Waals surface area contributed by atoms with Gasteiger partial charge in [-0.2, -0.15) is 13.2 Å². The first-order valence-electron chi connectivity index (χ1n) is 5.84. The zero-order chi connectivity index (χ0) is 14.3. The average molecular weight is 278 g/mol. The fourth-order valence-electron chi connectivity index (χ4n) is 1.57. The van der Waals surface area contributed by atoms with Gasteiger partial charge in [-0.3, -0.25) is 0 Å². The number of benzene rings is 1. The van der Waals surface area contributed by atoms with Gasteiger partial charge in [0.05, 0.1) is 31.5 Å². The third-order valence-electron chi connectivity index (χ3n) is 2.47. The van der Waals surface area contributed by atoms with Crippen LogP contribution in [0.15, 0.2) is 24.3 Å². The van der Waals surface area contributed by atoms with Gasteiger partial charge in [0.25, 0.3) is 0 Å². The Hall–Kier alpha value is -1.11. The summed E-state index contributed by atoms with van der Waals surface area (Å²) >= 11 is 0. The van der Waals surface area contributed by atoms with Gasteiger partial charge in [0.1, 0.15) is 0 Å². The number of alkyl halides is 3. The van der Waals surface area contributed by atoms with E-state index >= 15 is 0 Å². The molecule has 1 N–H and O–H groups in total. The van der Waals surface area contributed by atoms with Gasteiger partial charge < -0.3 is 14.6 Å². The predicted octanol–water partition coefficient (Wildman–Crippen LogP) is 2.27. The van der Waals surface area contributed by atoms with Crippen LogP contribution in [0.2, 0.25) is 0 Å². The molecule has 0 heterocycles. The van der Waals surface area contributed by atoms with Crippen LogP contribution in [0.25, 0.3) is 0 Å². The van der Waals surface area contributed by atoms with E-state index in [1.54, 1.807) is 6.07 Å². The van der Waals surface area contributed by atoms with E-state index in [1.807, 2.05) is 0 Å². The summed E-state index contributed by atoms with van der Waals surface area (Å²) in [6, 6.07) is 4.92. The molecule has 0 spiro atoms. The first-order valence-corrected chi connectivity index (χ1v) is 5.84. The van der Waals surface area contributed by atoms with Crippen LogP contribution in [0.5, 0.6) is 0 Å². The molecular formula is C13H17F3O3. The number of halogens is 3. The second-order valence-electron chi connectivity index (χ2n) is 4.12. The fraction of sp³-hybridized carbons (Fsp3) is 0.538. The Bertz CT molecular complexity index is 380. The normalized spacial score (nSPS) is 13.5. The highest BCUT2D eigenvalue weighted by Crippen LogP contribution is 2.29. The van der Waals surface area contributed by atoms with E-state index in [2.05, 4.69) is 0 Å². The Morgan fingerprint density at radius 2 is 2.00 bits per heavy atom. The third-order valence-corrected chi connectivity index (χ3v) is 2.47. The number of hydrogen-bond acceptors (Lipinski definition) is 3. The molecule has 3 nitrogen and oxygen atoms in total. The molecule has 0 fully saturated rings. The van der Waals surface area contributed by atoms with Crippen molar-refractivity contribution >= 4 is 0 Å². The van der Waals surface area contributed by atoms with Gasteiger partial charge in [0.2, 0.25) is 0 Å². The average Bonchev–Trinajstić information content (AvgIpc) is 2.34. The summed E-state index contributed by atoms with van der Waals surface area (Å²) in [4.78, 5) is 0. The van der Waals surface area contributed by atoms with Crippen LogP contribution in [-0.4, -0.2) is 38.1 Å². The smallest absolute Gasteiger partial charge is 0.390 e. The van der Waals surface area contributed by atoms with Gasteiger partial charge in [-0.15, -0.1) is 0 Å². The maximum Gasteiger partial charge on any atom is 0.416 e. The molecule has 1 rings (SSSR count). The minimum absolute atomic E-state index is 0.0691. The lowest BCUT2D eigenvalue weighted by Gasteiger charge is -2.13. The Kier molecular flexibility index (Phi) is 6.27. The number of aliphatic hydroxyl groups excluding tert-OH is 1. The minimum atomic E-state index is -4.37. The molecule has 0 aliphatic rings. The maximum atomic E-state index is 12.5. The SMILES string of the molecule is COCCOCC(O)Cc1cccc(C(F)(F)F)c1. The standard InChI is InChI=1S/C13H17F3O3/c1-18-5-6-19-9-12(17)8-10-3-2-4-11(7-10)13(14,15)16/h2-4,7,12,17H,5-6,8-9H2,1H3. The summed E-state index contributed by atoms with van der Waals surface area (Å²) < 4.78 is 47.3. The summed E-state index contributed by atoms with van der Waals surface area (Å²) in [6.45, 7) is 0.825. The molecule has 0 aromatic heterocycles. The highest BCUT2D eigenvalue weighted by Gasteiger charge is 2.30. The number of rotatable bonds is 7.